The lowest BCUT2D eigenvalue weighted by Gasteiger charge is -2.14. The fraction of sp³-hybridized carbons (Fsp3) is 0.148. The smallest absolute Gasteiger partial charge is 0.367 e. The lowest BCUT2D eigenvalue weighted by Crippen LogP contribution is -2.11. The topological polar surface area (TPSA) is 88.5 Å². The summed E-state index contributed by atoms with van der Waals surface area (Å²) in [6.45, 7) is 0. The van der Waals surface area contributed by atoms with Gasteiger partial charge in [0.2, 0.25) is 0 Å². The molecule has 0 aliphatic rings. The number of rotatable bonds is 8. The van der Waals surface area contributed by atoms with Gasteiger partial charge < -0.3 is 23.8 Å². The van der Waals surface area contributed by atoms with Crippen LogP contribution in [-0.2, 0) is 4.84 Å². The summed E-state index contributed by atoms with van der Waals surface area (Å²) < 4.78 is 21.8. The van der Waals surface area contributed by atoms with Crippen molar-refractivity contribution in [3.63, 3.8) is 0 Å². The van der Waals surface area contributed by atoms with Crippen LogP contribution in [0.4, 0.5) is 0 Å². The number of carbonyl (C=O) groups excluding carboxylic acids is 1. The summed E-state index contributed by atoms with van der Waals surface area (Å²) in [6, 6.07) is 17.3. The molecule has 0 amide bonds. The van der Waals surface area contributed by atoms with Crippen molar-refractivity contribution in [3.8, 4) is 23.0 Å². The molecule has 0 unspecified atom stereocenters. The highest BCUT2D eigenvalue weighted by atomic mass is 35.5. The summed E-state index contributed by atoms with van der Waals surface area (Å²) in [5.74, 6) is 1.37. The Hall–Kier alpha value is -4.30. The largest absolute Gasteiger partial charge is 0.493 e. The van der Waals surface area contributed by atoms with Gasteiger partial charge in [-0.2, -0.15) is 0 Å². The van der Waals surface area contributed by atoms with Crippen molar-refractivity contribution in [1.29, 1.82) is 0 Å². The monoisotopic (exact) mass is 506 g/mol. The molecule has 184 valence electrons. The highest BCUT2D eigenvalue weighted by molar-refractivity contribution is 6.33. The van der Waals surface area contributed by atoms with Crippen LogP contribution in [0.2, 0.25) is 5.02 Å². The maximum absolute atomic E-state index is 12.8. The van der Waals surface area contributed by atoms with Gasteiger partial charge in [-0.25, -0.2) is 4.79 Å². The first-order valence-corrected chi connectivity index (χ1v) is 11.2. The SMILES string of the molecule is COc1ccc(/C(=N\OC(=O)c2ccccc2Cl)c2nccc3cc(OC)c(OC)cc23)cc1OC. The van der Waals surface area contributed by atoms with Crippen LogP contribution in [0.5, 0.6) is 23.0 Å². The van der Waals surface area contributed by atoms with Crippen LogP contribution < -0.4 is 18.9 Å². The molecule has 9 heteroatoms. The Kier molecular flexibility index (Phi) is 7.56. The molecule has 0 bridgehead atoms. The highest BCUT2D eigenvalue weighted by Gasteiger charge is 2.20. The summed E-state index contributed by atoms with van der Waals surface area (Å²) >= 11 is 6.16. The molecule has 3 aromatic carbocycles. The first-order chi connectivity index (χ1) is 17.5. The van der Waals surface area contributed by atoms with Crippen molar-refractivity contribution in [3.05, 3.63) is 88.7 Å². The Labute approximate surface area is 213 Å². The fourth-order valence-electron chi connectivity index (χ4n) is 3.67. The van der Waals surface area contributed by atoms with Crippen molar-refractivity contribution in [2.75, 3.05) is 28.4 Å². The van der Waals surface area contributed by atoms with E-state index >= 15 is 0 Å². The van der Waals surface area contributed by atoms with Gasteiger partial charge in [0.05, 0.1) is 39.0 Å². The number of fused-ring (bicyclic) bond motifs is 1. The highest BCUT2D eigenvalue weighted by Crippen LogP contribution is 2.35. The summed E-state index contributed by atoms with van der Waals surface area (Å²) in [4.78, 5) is 22.7. The molecule has 0 fully saturated rings. The summed E-state index contributed by atoms with van der Waals surface area (Å²) in [6.07, 6.45) is 1.63. The average molecular weight is 507 g/mol. The number of hydrogen-bond donors (Lipinski definition) is 0. The molecule has 4 aromatic rings. The van der Waals surface area contributed by atoms with E-state index in [0.717, 1.165) is 5.39 Å². The Balaban J connectivity index is 1.90. The third kappa shape index (κ3) is 4.89. The van der Waals surface area contributed by atoms with Crippen molar-refractivity contribution < 1.29 is 28.6 Å². The van der Waals surface area contributed by atoms with E-state index in [2.05, 4.69) is 10.1 Å². The molecule has 8 nitrogen and oxygen atoms in total. The molecule has 0 spiro atoms. The van der Waals surface area contributed by atoms with Gasteiger partial charge in [-0.3, -0.25) is 4.98 Å². The number of benzene rings is 3. The van der Waals surface area contributed by atoms with Gasteiger partial charge in [0.25, 0.3) is 0 Å². The zero-order valence-corrected chi connectivity index (χ0v) is 20.8. The van der Waals surface area contributed by atoms with Crippen LogP contribution in [0.3, 0.4) is 0 Å². The van der Waals surface area contributed by atoms with Gasteiger partial charge in [-0.15, -0.1) is 0 Å². The minimum Gasteiger partial charge on any atom is -0.493 e. The molecule has 0 radical (unpaired) electrons. The van der Waals surface area contributed by atoms with Crippen LogP contribution in [-0.4, -0.2) is 45.1 Å². The van der Waals surface area contributed by atoms with Crippen molar-refractivity contribution in [2.45, 2.75) is 0 Å². The minimum absolute atomic E-state index is 0.187. The van der Waals surface area contributed by atoms with Crippen molar-refractivity contribution in [1.82, 2.24) is 4.98 Å². The zero-order chi connectivity index (χ0) is 25.7. The maximum atomic E-state index is 12.8. The minimum atomic E-state index is -0.710. The second-order valence-corrected chi connectivity index (χ2v) is 7.86. The van der Waals surface area contributed by atoms with Crippen molar-refractivity contribution in [2.24, 2.45) is 5.16 Å². The number of oxime groups is 1. The molecule has 0 aliphatic heterocycles. The Morgan fingerprint density at radius 3 is 2.17 bits per heavy atom. The van der Waals surface area contributed by atoms with Gasteiger partial charge in [0, 0.05) is 17.1 Å². The quantitative estimate of drug-likeness (QED) is 0.176. The molecule has 1 heterocycles. The molecule has 0 aliphatic carbocycles. The second kappa shape index (κ2) is 11.0. The van der Waals surface area contributed by atoms with E-state index in [1.165, 1.54) is 7.11 Å². The van der Waals surface area contributed by atoms with Gasteiger partial charge in [0.1, 0.15) is 11.4 Å². The van der Waals surface area contributed by atoms with E-state index < -0.39 is 5.97 Å². The van der Waals surface area contributed by atoms with Crippen molar-refractivity contribution >= 4 is 34.1 Å². The molecule has 0 saturated carbocycles. The van der Waals surface area contributed by atoms with E-state index in [0.29, 0.717) is 39.6 Å². The van der Waals surface area contributed by atoms with E-state index in [1.807, 2.05) is 12.1 Å². The van der Waals surface area contributed by atoms with Crippen LogP contribution in [0.1, 0.15) is 21.6 Å². The summed E-state index contributed by atoms with van der Waals surface area (Å²) in [7, 11) is 6.19. The predicted molar refractivity (Wildman–Crippen MR) is 137 cm³/mol. The molecule has 4 rings (SSSR count). The Morgan fingerprint density at radius 2 is 1.47 bits per heavy atom. The fourth-order valence-corrected chi connectivity index (χ4v) is 3.88. The van der Waals surface area contributed by atoms with Crippen LogP contribution >= 0.6 is 11.6 Å². The Morgan fingerprint density at radius 1 is 0.806 bits per heavy atom. The molecular formula is C27H23ClN2O6. The number of carbonyl (C=O) groups is 1. The first-order valence-electron chi connectivity index (χ1n) is 10.8. The van der Waals surface area contributed by atoms with Gasteiger partial charge in [-0.1, -0.05) is 28.9 Å². The first kappa shape index (κ1) is 24.8. The number of nitrogens with zero attached hydrogens (tertiary/aromatic N) is 2. The maximum Gasteiger partial charge on any atom is 0.367 e. The summed E-state index contributed by atoms with van der Waals surface area (Å²) in [5, 5.41) is 6.02. The van der Waals surface area contributed by atoms with Crippen LogP contribution in [0, 0.1) is 0 Å². The predicted octanol–water partition coefficient (Wildman–Crippen LogP) is 5.53. The third-order valence-corrected chi connectivity index (χ3v) is 5.79. The summed E-state index contributed by atoms with van der Waals surface area (Å²) in [5.41, 5.74) is 1.50. The number of ether oxygens (including phenoxy) is 4. The van der Waals surface area contributed by atoms with E-state index in [-0.39, 0.29) is 16.3 Å². The van der Waals surface area contributed by atoms with Crippen LogP contribution in [0.15, 0.2) is 72.0 Å². The van der Waals surface area contributed by atoms with Crippen LogP contribution in [0.25, 0.3) is 10.8 Å². The van der Waals surface area contributed by atoms with Gasteiger partial charge in [0.15, 0.2) is 23.0 Å². The molecule has 0 N–H and O–H groups in total. The molecule has 36 heavy (non-hydrogen) atoms. The standard InChI is InChI=1S/C27H23ClN2O6/c1-32-21-10-9-17(14-22(21)33-2)25(30-36-27(31)18-7-5-6-8-20(18)28)26-19-15-24(35-4)23(34-3)13-16(19)11-12-29-26/h5-15H,1-4H3/b30-25+. The normalized spacial score (nSPS) is 11.2. The molecule has 1 aromatic heterocycles. The zero-order valence-electron chi connectivity index (χ0n) is 20.1. The Bertz CT molecular complexity index is 1450. The number of methoxy groups -OCH3 is 4. The molecular weight excluding hydrogens is 484 g/mol. The number of pyridine rings is 1. The lowest BCUT2D eigenvalue weighted by molar-refractivity contribution is 0.0517. The van der Waals surface area contributed by atoms with Gasteiger partial charge in [-0.05, 0) is 53.9 Å². The second-order valence-electron chi connectivity index (χ2n) is 7.46. The number of halogens is 1. The van der Waals surface area contributed by atoms with Gasteiger partial charge >= 0.3 is 5.97 Å². The van der Waals surface area contributed by atoms with E-state index in [9.17, 15) is 4.79 Å². The molecule has 0 saturated heterocycles. The lowest BCUT2D eigenvalue weighted by atomic mass is 10.0. The average Bonchev–Trinajstić information content (AvgIpc) is 2.92. The van der Waals surface area contributed by atoms with E-state index in [4.69, 9.17) is 35.4 Å². The number of hydrogen-bond acceptors (Lipinski definition) is 8. The number of aromatic nitrogens is 1. The molecule has 0 atom stereocenters. The third-order valence-electron chi connectivity index (χ3n) is 5.46. The van der Waals surface area contributed by atoms with E-state index in [1.54, 1.807) is 76.1 Å².